The van der Waals surface area contributed by atoms with Crippen LogP contribution >= 0.6 is 11.6 Å². The van der Waals surface area contributed by atoms with Crippen LogP contribution < -0.4 is 11.1 Å². The van der Waals surface area contributed by atoms with Gasteiger partial charge in [-0.2, -0.15) is 0 Å². The number of nitrogens with two attached hydrogens (primary N) is 1. The van der Waals surface area contributed by atoms with Crippen molar-refractivity contribution in [2.24, 2.45) is 0 Å². The van der Waals surface area contributed by atoms with Gasteiger partial charge in [0.1, 0.15) is 12.0 Å². The SMILES string of the molecule is CCCC(COC)Nc1ncnc(Cl)c1N. The monoisotopic (exact) mass is 244 g/mol. The first-order valence-corrected chi connectivity index (χ1v) is 5.58. The van der Waals surface area contributed by atoms with Crippen molar-refractivity contribution in [2.45, 2.75) is 25.8 Å². The van der Waals surface area contributed by atoms with Gasteiger partial charge in [0.15, 0.2) is 11.0 Å². The first-order valence-electron chi connectivity index (χ1n) is 5.20. The molecular weight excluding hydrogens is 228 g/mol. The Morgan fingerprint density at radius 3 is 2.94 bits per heavy atom. The number of nitrogens with zero attached hydrogens (tertiary/aromatic N) is 2. The summed E-state index contributed by atoms with van der Waals surface area (Å²) in [6.45, 7) is 2.72. The molecule has 0 aliphatic carbocycles. The minimum atomic E-state index is 0.184. The van der Waals surface area contributed by atoms with E-state index in [4.69, 9.17) is 22.1 Å². The number of rotatable bonds is 6. The summed E-state index contributed by atoms with van der Waals surface area (Å²) in [6, 6.07) is 0.184. The fourth-order valence-corrected chi connectivity index (χ4v) is 1.56. The Hall–Kier alpha value is -1.07. The first kappa shape index (κ1) is 13.0. The molecule has 1 unspecified atom stereocenters. The molecular formula is C10H17ClN4O. The number of halogens is 1. The largest absolute Gasteiger partial charge is 0.393 e. The van der Waals surface area contributed by atoms with Crippen LogP contribution in [0.3, 0.4) is 0 Å². The van der Waals surface area contributed by atoms with Gasteiger partial charge in [0, 0.05) is 7.11 Å². The minimum Gasteiger partial charge on any atom is -0.393 e. The molecule has 1 aromatic heterocycles. The molecule has 16 heavy (non-hydrogen) atoms. The number of hydrogen-bond donors (Lipinski definition) is 2. The predicted molar refractivity (Wildman–Crippen MR) is 65.6 cm³/mol. The smallest absolute Gasteiger partial charge is 0.157 e. The van der Waals surface area contributed by atoms with Gasteiger partial charge >= 0.3 is 0 Å². The van der Waals surface area contributed by atoms with Gasteiger partial charge in [-0.1, -0.05) is 24.9 Å². The highest BCUT2D eigenvalue weighted by atomic mass is 35.5. The summed E-state index contributed by atoms with van der Waals surface area (Å²) < 4.78 is 5.12. The second-order valence-electron chi connectivity index (χ2n) is 3.51. The molecule has 0 aliphatic heterocycles. The molecule has 1 rings (SSSR count). The van der Waals surface area contributed by atoms with E-state index in [-0.39, 0.29) is 11.2 Å². The van der Waals surface area contributed by atoms with Gasteiger partial charge in [-0.05, 0) is 6.42 Å². The maximum absolute atomic E-state index is 5.80. The van der Waals surface area contributed by atoms with Crippen LogP contribution in [-0.2, 0) is 4.74 Å². The predicted octanol–water partition coefficient (Wildman–Crippen LogP) is 1.94. The second kappa shape index (κ2) is 6.50. The average Bonchev–Trinajstić information content (AvgIpc) is 2.25. The van der Waals surface area contributed by atoms with E-state index in [1.807, 2.05) is 0 Å². The van der Waals surface area contributed by atoms with E-state index in [2.05, 4.69) is 22.2 Å². The molecule has 3 N–H and O–H groups in total. The highest BCUT2D eigenvalue weighted by molar-refractivity contribution is 6.32. The van der Waals surface area contributed by atoms with Crippen LogP contribution in [0.2, 0.25) is 5.15 Å². The summed E-state index contributed by atoms with van der Waals surface area (Å²) in [5.74, 6) is 0.565. The highest BCUT2D eigenvalue weighted by Crippen LogP contribution is 2.23. The maximum Gasteiger partial charge on any atom is 0.157 e. The van der Waals surface area contributed by atoms with Gasteiger partial charge in [0.05, 0.1) is 12.6 Å². The molecule has 0 amide bonds. The Morgan fingerprint density at radius 1 is 1.56 bits per heavy atom. The fraction of sp³-hybridized carbons (Fsp3) is 0.600. The van der Waals surface area contributed by atoms with E-state index in [0.29, 0.717) is 18.1 Å². The standard InChI is InChI=1S/C10H17ClN4O/c1-3-4-7(5-16-2)15-10-8(12)9(11)13-6-14-10/h6-7H,3-5,12H2,1-2H3,(H,13,14,15). The normalized spacial score (nSPS) is 12.4. The van der Waals surface area contributed by atoms with Gasteiger partial charge in [-0.25, -0.2) is 9.97 Å². The molecule has 6 heteroatoms. The summed E-state index contributed by atoms with van der Waals surface area (Å²) >= 11 is 5.80. The molecule has 5 nitrogen and oxygen atoms in total. The molecule has 0 aliphatic rings. The van der Waals surface area contributed by atoms with Crippen molar-refractivity contribution in [2.75, 3.05) is 24.8 Å². The van der Waals surface area contributed by atoms with Gasteiger partial charge in [0.2, 0.25) is 0 Å². The Bertz CT molecular complexity index is 329. The van der Waals surface area contributed by atoms with Crippen molar-refractivity contribution in [3.63, 3.8) is 0 Å². The van der Waals surface area contributed by atoms with Crippen LogP contribution in [0.1, 0.15) is 19.8 Å². The summed E-state index contributed by atoms with van der Waals surface area (Å²) in [4.78, 5) is 7.85. The third-order valence-corrected chi connectivity index (χ3v) is 2.48. The third kappa shape index (κ3) is 3.50. The van der Waals surface area contributed by atoms with E-state index < -0.39 is 0 Å². The van der Waals surface area contributed by atoms with Crippen LogP contribution in [0.4, 0.5) is 11.5 Å². The Kier molecular flexibility index (Phi) is 5.28. The number of ether oxygens (including phenoxy) is 1. The molecule has 1 heterocycles. The minimum absolute atomic E-state index is 0.184. The van der Waals surface area contributed by atoms with Crippen molar-refractivity contribution < 1.29 is 4.74 Å². The van der Waals surface area contributed by atoms with Gasteiger partial charge in [-0.3, -0.25) is 0 Å². The van der Waals surface area contributed by atoms with Crippen molar-refractivity contribution in [3.8, 4) is 0 Å². The number of nitrogens with one attached hydrogen (secondary N) is 1. The Balaban J connectivity index is 2.72. The third-order valence-electron chi connectivity index (χ3n) is 2.18. The molecule has 0 spiro atoms. The van der Waals surface area contributed by atoms with Gasteiger partial charge in [-0.15, -0.1) is 0 Å². The molecule has 0 bridgehead atoms. The average molecular weight is 245 g/mol. The lowest BCUT2D eigenvalue weighted by atomic mass is 10.2. The van der Waals surface area contributed by atoms with Crippen molar-refractivity contribution in [3.05, 3.63) is 11.5 Å². The van der Waals surface area contributed by atoms with Crippen LogP contribution in [-0.4, -0.2) is 29.7 Å². The van der Waals surface area contributed by atoms with Gasteiger partial charge in [0.25, 0.3) is 0 Å². The van der Waals surface area contributed by atoms with Gasteiger partial charge < -0.3 is 15.8 Å². The van der Waals surface area contributed by atoms with Crippen LogP contribution in [0.5, 0.6) is 0 Å². The van der Waals surface area contributed by atoms with Crippen LogP contribution in [0.15, 0.2) is 6.33 Å². The second-order valence-corrected chi connectivity index (χ2v) is 3.87. The summed E-state index contributed by atoms with van der Waals surface area (Å²) in [5, 5.41) is 3.47. The lowest BCUT2D eigenvalue weighted by Crippen LogP contribution is -2.25. The van der Waals surface area contributed by atoms with E-state index in [9.17, 15) is 0 Å². The number of anilines is 2. The lowest BCUT2D eigenvalue weighted by Gasteiger charge is -2.18. The molecule has 0 fully saturated rings. The molecule has 1 atom stereocenters. The van der Waals surface area contributed by atoms with Crippen molar-refractivity contribution in [1.29, 1.82) is 0 Å². The summed E-state index contributed by atoms with van der Waals surface area (Å²) in [7, 11) is 1.67. The summed E-state index contributed by atoms with van der Waals surface area (Å²) in [6.07, 6.45) is 3.42. The molecule has 0 radical (unpaired) electrons. The number of aromatic nitrogens is 2. The zero-order valence-corrected chi connectivity index (χ0v) is 10.3. The fourth-order valence-electron chi connectivity index (χ4n) is 1.43. The van der Waals surface area contributed by atoms with E-state index in [0.717, 1.165) is 12.8 Å². The van der Waals surface area contributed by atoms with Crippen LogP contribution in [0.25, 0.3) is 0 Å². The Labute approximate surface area is 100 Å². The van der Waals surface area contributed by atoms with Crippen molar-refractivity contribution >= 4 is 23.1 Å². The number of nitrogen functional groups attached to an aromatic ring is 1. The Morgan fingerprint density at radius 2 is 2.31 bits per heavy atom. The lowest BCUT2D eigenvalue weighted by molar-refractivity contribution is 0.182. The van der Waals surface area contributed by atoms with E-state index >= 15 is 0 Å². The van der Waals surface area contributed by atoms with Crippen LogP contribution in [0, 0.1) is 0 Å². The first-order chi connectivity index (χ1) is 7.69. The maximum atomic E-state index is 5.80. The van der Waals surface area contributed by atoms with E-state index in [1.54, 1.807) is 7.11 Å². The topological polar surface area (TPSA) is 73.1 Å². The molecule has 0 aromatic carbocycles. The number of hydrogen-bond acceptors (Lipinski definition) is 5. The molecule has 0 saturated heterocycles. The zero-order valence-electron chi connectivity index (χ0n) is 9.53. The van der Waals surface area contributed by atoms with Crippen molar-refractivity contribution in [1.82, 2.24) is 9.97 Å². The highest BCUT2D eigenvalue weighted by Gasteiger charge is 2.11. The summed E-state index contributed by atoms with van der Waals surface area (Å²) in [5.41, 5.74) is 6.14. The molecule has 0 saturated carbocycles. The quantitative estimate of drug-likeness (QED) is 0.749. The number of methoxy groups -OCH3 is 1. The van der Waals surface area contributed by atoms with E-state index in [1.165, 1.54) is 6.33 Å². The molecule has 1 aromatic rings. The molecule has 90 valence electrons. The zero-order chi connectivity index (χ0) is 12.0.